The molecule has 1 heterocycles. The average Bonchev–Trinajstić information content (AvgIpc) is 3.34. The molecule has 1 aliphatic heterocycles. The highest BCUT2D eigenvalue weighted by molar-refractivity contribution is 5.80. The van der Waals surface area contributed by atoms with Crippen molar-refractivity contribution in [1.82, 2.24) is 10.2 Å². The summed E-state index contributed by atoms with van der Waals surface area (Å²) in [4.78, 5) is 38.0. The van der Waals surface area contributed by atoms with Crippen molar-refractivity contribution in [1.29, 1.82) is 0 Å². The SMILES string of the molecule is CC1CN(C(=O)CC2CC(NC(=O)OCC3c4ccccc4-c4ccccc43)C2)CC1C(=O)O. The zero-order valence-corrected chi connectivity index (χ0v) is 19.3. The summed E-state index contributed by atoms with van der Waals surface area (Å²) in [6.07, 6.45) is 1.46. The molecular formula is C27H30N2O5. The van der Waals surface area contributed by atoms with Crippen LogP contribution >= 0.6 is 0 Å². The molecule has 2 aromatic carbocycles. The molecule has 178 valence electrons. The van der Waals surface area contributed by atoms with E-state index in [0.717, 1.165) is 12.8 Å². The maximum absolute atomic E-state index is 12.6. The number of carboxylic acid groups (broad SMARTS) is 1. The summed E-state index contributed by atoms with van der Waals surface area (Å²) in [5, 5.41) is 12.2. The van der Waals surface area contributed by atoms with E-state index < -0.39 is 18.0 Å². The molecule has 0 aromatic heterocycles. The number of amides is 2. The number of alkyl carbamates (subject to hydrolysis) is 1. The van der Waals surface area contributed by atoms with Crippen molar-refractivity contribution in [2.24, 2.45) is 17.8 Å². The highest BCUT2D eigenvalue weighted by Crippen LogP contribution is 2.44. The number of hydrogen-bond donors (Lipinski definition) is 2. The average molecular weight is 463 g/mol. The van der Waals surface area contributed by atoms with Gasteiger partial charge < -0.3 is 20.1 Å². The molecule has 2 amide bonds. The molecule has 34 heavy (non-hydrogen) atoms. The fourth-order valence-corrected chi connectivity index (χ4v) is 5.69. The van der Waals surface area contributed by atoms with Gasteiger partial charge in [0.1, 0.15) is 6.61 Å². The Kier molecular flexibility index (Phi) is 6.02. The molecule has 2 N–H and O–H groups in total. The lowest BCUT2D eigenvalue weighted by Crippen LogP contribution is -2.46. The molecule has 1 saturated carbocycles. The quantitative estimate of drug-likeness (QED) is 0.679. The van der Waals surface area contributed by atoms with E-state index >= 15 is 0 Å². The Morgan fingerprint density at radius 2 is 1.62 bits per heavy atom. The minimum Gasteiger partial charge on any atom is -0.481 e. The second kappa shape index (κ2) is 9.12. The molecule has 3 aliphatic rings. The van der Waals surface area contributed by atoms with Gasteiger partial charge in [-0.2, -0.15) is 0 Å². The van der Waals surface area contributed by atoms with Gasteiger partial charge in [-0.15, -0.1) is 0 Å². The molecule has 0 bridgehead atoms. The van der Waals surface area contributed by atoms with Crippen molar-refractivity contribution >= 4 is 18.0 Å². The van der Waals surface area contributed by atoms with Crippen LogP contribution in [0, 0.1) is 17.8 Å². The molecule has 2 atom stereocenters. The fourth-order valence-electron chi connectivity index (χ4n) is 5.69. The van der Waals surface area contributed by atoms with Crippen molar-refractivity contribution in [3.63, 3.8) is 0 Å². The maximum Gasteiger partial charge on any atom is 0.407 e. The largest absolute Gasteiger partial charge is 0.481 e. The van der Waals surface area contributed by atoms with Gasteiger partial charge in [0.25, 0.3) is 0 Å². The third-order valence-electron chi connectivity index (χ3n) is 7.65. The number of carbonyl (C=O) groups excluding carboxylic acids is 2. The Hall–Kier alpha value is -3.35. The number of carbonyl (C=O) groups is 3. The van der Waals surface area contributed by atoms with Crippen molar-refractivity contribution in [2.75, 3.05) is 19.7 Å². The fraction of sp³-hybridized carbons (Fsp3) is 0.444. The number of nitrogens with one attached hydrogen (secondary N) is 1. The zero-order valence-electron chi connectivity index (χ0n) is 19.3. The highest BCUT2D eigenvalue weighted by atomic mass is 16.5. The molecule has 0 spiro atoms. The second-order valence-corrected chi connectivity index (χ2v) is 9.93. The van der Waals surface area contributed by atoms with Crippen LogP contribution in [0.15, 0.2) is 48.5 Å². The van der Waals surface area contributed by atoms with Gasteiger partial charge in [0, 0.05) is 31.5 Å². The van der Waals surface area contributed by atoms with Gasteiger partial charge in [-0.3, -0.25) is 9.59 Å². The number of ether oxygens (including phenoxy) is 1. The van der Waals surface area contributed by atoms with Crippen LogP contribution in [0.5, 0.6) is 0 Å². The lowest BCUT2D eigenvalue weighted by atomic mass is 9.78. The van der Waals surface area contributed by atoms with Gasteiger partial charge in [0.15, 0.2) is 0 Å². The maximum atomic E-state index is 12.6. The first kappa shape index (κ1) is 22.4. The summed E-state index contributed by atoms with van der Waals surface area (Å²) in [6, 6.07) is 16.5. The molecule has 2 aromatic rings. The molecule has 2 fully saturated rings. The van der Waals surface area contributed by atoms with E-state index in [1.165, 1.54) is 22.3 Å². The van der Waals surface area contributed by atoms with E-state index in [4.69, 9.17) is 4.74 Å². The molecule has 0 radical (unpaired) electrons. The van der Waals surface area contributed by atoms with Gasteiger partial charge in [-0.25, -0.2) is 4.79 Å². The summed E-state index contributed by atoms with van der Waals surface area (Å²) >= 11 is 0. The van der Waals surface area contributed by atoms with Crippen LogP contribution in [0.4, 0.5) is 4.79 Å². The van der Waals surface area contributed by atoms with Gasteiger partial charge in [-0.1, -0.05) is 55.5 Å². The van der Waals surface area contributed by atoms with Crippen molar-refractivity contribution in [3.8, 4) is 11.1 Å². The molecule has 7 heteroatoms. The Labute approximate surface area is 199 Å². The summed E-state index contributed by atoms with van der Waals surface area (Å²) in [6.45, 7) is 2.96. The van der Waals surface area contributed by atoms with E-state index in [1.807, 2.05) is 31.2 Å². The molecule has 2 aliphatic carbocycles. The van der Waals surface area contributed by atoms with Crippen LogP contribution in [-0.2, 0) is 14.3 Å². The molecule has 7 nitrogen and oxygen atoms in total. The van der Waals surface area contributed by atoms with Crippen LogP contribution in [0.3, 0.4) is 0 Å². The number of fused-ring (bicyclic) bond motifs is 3. The summed E-state index contributed by atoms with van der Waals surface area (Å²) in [5.74, 6) is -1.08. The van der Waals surface area contributed by atoms with E-state index in [2.05, 4.69) is 29.6 Å². The Balaban J connectivity index is 1.07. The predicted molar refractivity (Wildman–Crippen MR) is 126 cm³/mol. The van der Waals surface area contributed by atoms with Gasteiger partial charge in [0.2, 0.25) is 5.91 Å². The van der Waals surface area contributed by atoms with Crippen LogP contribution < -0.4 is 5.32 Å². The second-order valence-electron chi connectivity index (χ2n) is 9.93. The number of benzene rings is 2. The topological polar surface area (TPSA) is 95.9 Å². The van der Waals surface area contributed by atoms with E-state index in [9.17, 15) is 19.5 Å². The minimum atomic E-state index is -0.834. The normalized spacial score (nSPS) is 25.3. The third kappa shape index (κ3) is 4.27. The molecule has 2 unspecified atom stereocenters. The number of rotatable bonds is 6. The number of nitrogens with zero attached hydrogens (tertiary/aromatic N) is 1. The standard InChI is InChI=1S/C27H30N2O5/c1-16-13-29(14-23(16)26(31)32)25(30)12-17-10-18(11-17)28-27(33)34-15-24-21-8-4-2-6-19(21)20-7-3-5-9-22(20)24/h2-9,16-18,23-24H,10-15H2,1H3,(H,28,33)(H,31,32). The number of carboxylic acids is 1. The van der Waals surface area contributed by atoms with E-state index in [-0.39, 0.29) is 36.3 Å². The number of likely N-dealkylation sites (tertiary alicyclic amines) is 1. The monoisotopic (exact) mass is 462 g/mol. The predicted octanol–water partition coefficient (Wildman–Crippen LogP) is 3.87. The summed E-state index contributed by atoms with van der Waals surface area (Å²) in [5.41, 5.74) is 4.75. The summed E-state index contributed by atoms with van der Waals surface area (Å²) < 4.78 is 5.61. The van der Waals surface area contributed by atoms with Crippen LogP contribution in [-0.4, -0.2) is 53.7 Å². The highest BCUT2D eigenvalue weighted by Gasteiger charge is 2.39. The first-order valence-corrected chi connectivity index (χ1v) is 12.0. The lowest BCUT2D eigenvalue weighted by molar-refractivity contribution is -0.142. The molecule has 1 saturated heterocycles. The lowest BCUT2D eigenvalue weighted by Gasteiger charge is -2.36. The first-order valence-electron chi connectivity index (χ1n) is 12.0. The number of aliphatic carboxylic acids is 1. The van der Waals surface area contributed by atoms with Crippen molar-refractivity contribution in [2.45, 2.75) is 38.1 Å². The van der Waals surface area contributed by atoms with Crippen LogP contribution in [0.2, 0.25) is 0 Å². The minimum absolute atomic E-state index is 0.0118. The van der Waals surface area contributed by atoms with E-state index in [0.29, 0.717) is 19.5 Å². The first-order chi connectivity index (χ1) is 16.4. The van der Waals surface area contributed by atoms with Crippen molar-refractivity contribution < 1.29 is 24.2 Å². The zero-order chi connectivity index (χ0) is 23.8. The molecule has 5 rings (SSSR count). The Morgan fingerprint density at radius 1 is 1.00 bits per heavy atom. The van der Waals surface area contributed by atoms with E-state index in [1.54, 1.807) is 4.90 Å². The van der Waals surface area contributed by atoms with Crippen molar-refractivity contribution in [3.05, 3.63) is 59.7 Å². The third-order valence-corrected chi connectivity index (χ3v) is 7.65. The summed E-state index contributed by atoms with van der Waals surface area (Å²) in [7, 11) is 0. The van der Waals surface area contributed by atoms with Crippen LogP contribution in [0.25, 0.3) is 11.1 Å². The van der Waals surface area contributed by atoms with Crippen LogP contribution in [0.1, 0.15) is 43.2 Å². The number of hydrogen-bond acceptors (Lipinski definition) is 4. The van der Waals surface area contributed by atoms with Gasteiger partial charge in [-0.05, 0) is 46.9 Å². The molecular weight excluding hydrogens is 432 g/mol. The van der Waals surface area contributed by atoms with Gasteiger partial charge in [0.05, 0.1) is 5.92 Å². The Bertz CT molecular complexity index is 1060. The Morgan fingerprint density at radius 3 is 2.21 bits per heavy atom. The smallest absolute Gasteiger partial charge is 0.407 e. The van der Waals surface area contributed by atoms with Gasteiger partial charge >= 0.3 is 12.1 Å².